The predicted octanol–water partition coefficient (Wildman–Crippen LogP) is 0.430. The number of aromatic nitrogens is 4. The number of likely N-dealkylation sites (tertiary alicyclic amines) is 1. The zero-order valence-electron chi connectivity index (χ0n) is 11.8. The molecule has 21 heavy (non-hydrogen) atoms. The van der Waals surface area contributed by atoms with Gasteiger partial charge in [-0.15, -0.1) is 5.10 Å². The molecule has 0 spiro atoms. The zero-order valence-corrected chi connectivity index (χ0v) is 11.8. The van der Waals surface area contributed by atoms with E-state index in [9.17, 15) is 9.59 Å². The summed E-state index contributed by atoms with van der Waals surface area (Å²) in [5.41, 5.74) is 1.61. The Morgan fingerprint density at radius 1 is 1.33 bits per heavy atom. The highest BCUT2D eigenvalue weighted by molar-refractivity contribution is 5.94. The van der Waals surface area contributed by atoms with Gasteiger partial charge in [-0.2, -0.15) is 4.98 Å². The summed E-state index contributed by atoms with van der Waals surface area (Å²) in [5.74, 6) is -1.11. The first-order valence-corrected chi connectivity index (χ1v) is 6.72. The second-order valence-electron chi connectivity index (χ2n) is 5.18. The van der Waals surface area contributed by atoms with E-state index < -0.39 is 17.9 Å². The lowest BCUT2D eigenvalue weighted by Crippen LogP contribution is -2.40. The van der Waals surface area contributed by atoms with Crippen molar-refractivity contribution in [3.8, 4) is 0 Å². The summed E-state index contributed by atoms with van der Waals surface area (Å²) in [7, 11) is 0. The van der Waals surface area contributed by atoms with Gasteiger partial charge in [-0.3, -0.25) is 4.79 Å². The second kappa shape index (κ2) is 4.80. The molecule has 2 aromatic rings. The fourth-order valence-electron chi connectivity index (χ4n) is 2.65. The number of carboxylic acid groups (broad SMARTS) is 1. The molecule has 0 aromatic carbocycles. The van der Waals surface area contributed by atoms with Crippen LogP contribution in [0.25, 0.3) is 5.78 Å². The minimum absolute atomic E-state index is 0.00986. The van der Waals surface area contributed by atoms with Crippen LogP contribution >= 0.6 is 0 Å². The number of hydrogen-bond acceptors (Lipinski definition) is 5. The van der Waals surface area contributed by atoms with Crippen LogP contribution in [0.5, 0.6) is 0 Å². The third-order valence-corrected chi connectivity index (χ3v) is 3.61. The average molecular weight is 289 g/mol. The van der Waals surface area contributed by atoms with Gasteiger partial charge >= 0.3 is 5.97 Å². The maximum Gasteiger partial charge on any atom is 0.326 e. The first kappa shape index (κ1) is 13.5. The molecule has 0 aliphatic carbocycles. The lowest BCUT2D eigenvalue weighted by Gasteiger charge is -2.19. The Bertz CT molecular complexity index is 739. The third-order valence-electron chi connectivity index (χ3n) is 3.61. The van der Waals surface area contributed by atoms with Crippen molar-refractivity contribution in [1.82, 2.24) is 24.5 Å². The standard InChI is InChI=1S/C13H15N5O3/c1-7-6-8(2)18-13(14-7)15-10(16-18)11(19)17-5-3-4-9(17)12(20)21/h6,9H,3-5H2,1-2H3,(H,20,21)/t9-/m1/s1. The quantitative estimate of drug-likeness (QED) is 0.860. The van der Waals surface area contributed by atoms with Gasteiger partial charge in [-0.05, 0) is 32.8 Å². The molecule has 1 N–H and O–H groups in total. The van der Waals surface area contributed by atoms with Gasteiger partial charge in [0.1, 0.15) is 6.04 Å². The van der Waals surface area contributed by atoms with Gasteiger partial charge in [0.05, 0.1) is 0 Å². The summed E-state index contributed by atoms with van der Waals surface area (Å²) >= 11 is 0. The number of carbonyl (C=O) groups is 2. The first-order chi connectivity index (χ1) is 9.97. The van der Waals surface area contributed by atoms with E-state index in [2.05, 4.69) is 15.1 Å². The van der Waals surface area contributed by atoms with Crippen LogP contribution < -0.4 is 0 Å². The first-order valence-electron chi connectivity index (χ1n) is 6.72. The molecule has 1 atom stereocenters. The molecule has 0 radical (unpaired) electrons. The lowest BCUT2D eigenvalue weighted by atomic mass is 10.2. The molecular weight excluding hydrogens is 274 g/mol. The van der Waals surface area contributed by atoms with Gasteiger partial charge < -0.3 is 10.0 Å². The highest BCUT2D eigenvalue weighted by Gasteiger charge is 2.36. The molecule has 0 bridgehead atoms. The highest BCUT2D eigenvalue weighted by Crippen LogP contribution is 2.19. The Morgan fingerprint density at radius 3 is 2.81 bits per heavy atom. The van der Waals surface area contributed by atoms with E-state index >= 15 is 0 Å². The predicted molar refractivity (Wildman–Crippen MR) is 72.0 cm³/mol. The molecular formula is C13H15N5O3. The van der Waals surface area contributed by atoms with Gasteiger partial charge in [0.25, 0.3) is 11.7 Å². The van der Waals surface area contributed by atoms with E-state index in [4.69, 9.17) is 5.11 Å². The SMILES string of the molecule is Cc1cc(C)n2nc(C(=O)N3CCC[C@@H]3C(=O)O)nc2n1. The summed E-state index contributed by atoms with van der Waals surface area (Å²) in [6.07, 6.45) is 1.14. The number of rotatable bonds is 2. The van der Waals surface area contributed by atoms with Crippen molar-refractivity contribution in [2.75, 3.05) is 6.54 Å². The average Bonchev–Trinajstić information content (AvgIpc) is 3.03. The molecule has 1 aliphatic rings. The number of aryl methyl sites for hydroxylation is 2. The van der Waals surface area contributed by atoms with E-state index in [1.54, 1.807) is 0 Å². The summed E-state index contributed by atoms with van der Waals surface area (Å²) in [5, 5.41) is 13.3. The maximum atomic E-state index is 12.4. The summed E-state index contributed by atoms with van der Waals surface area (Å²) in [6.45, 7) is 4.10. The number of carbonyl (C=O) groups excluding carboxylic acids is 1. The zero-order chi connectivity index (χ0) is 15.1. The number of carboxylic acids is 1. The molecule has 3 heterocycles. The van der Waals surface area contributed by atoms with Crippen molar-refractivity contribution < 1.29 is 14.7 Å². The highest BCUT2D eigenvalue weighted by atomic mass is 16.4. The molecule has 110 valence electrons. The number of fused-ring (bicyclic) bond motifs is 1. The Kier molecular flexibility index (Phi) is 3.08. The van der Waals surface area contributed by atoms with Crippen molar-refractivity contribution in [2.45, 2.75) is 32.7 Å². The van der Waals surface area contributed by atoms with Crippen molar-refractivity contribution in [3.63, 3.8) is 0 Å². The van der Waals surface area contributed by atoms with E-state index in [1.807, 2.05) is 19.9 Å². The normalized spacial score (nSPS) is 18.4. The number of nitrogens with zero attached hydrogens (tertiary/aromatic N) is 5. The van der Waals surface area contributed by atoms with Crippen LogP contribution in [0.1, 0.15) is 34.8 Å². The van der Waals surface area contributed by atoms with Gasteiger partial charge in [0.15, 0.2) is 0 Å². The van der Waals surface area contributed by atoms with E-state index in [1.165, 1.54) is 9.42 Å². The van der Waals surface area contributed by atoms with Crippen molar-refractivity contribution in [3.05, 3.63) is 23.3 Å². The number of aliphatic carboxylic acids is 1. The van der Waals surface area contributed by atoms with Crippen LogP contribution in [0.15, 0.2) is 6.07 Å². The molecule has 0 saturated carbocycles. The minimum Gasteiger partial charge on any atom is -0.480 e. The van der Waals surface area contributed by atoms with Crippen LogP contribution in [0.4, 0.5) is 0 Å². The van der Waals surface area contributed by atoms with E-state index in [0.29, 0.717) is 25.2 Å². The molecule has 1 saturated heterocycles. The van der Waals surface area contributed by atoms with Crippen LogP contribution in [0.2, 0.25) is 0 Å². The molecule has 8 nitrogen and oxygen atoms in total. The number of amides is 1. The third kappa shape index (κ3) is 2.22. The number of hydrogen-bond donors (Lipinski definition) is 1. The summed E-state index contributed by atoms with van der Waals surface area (Å²) in [4.78, 5) is 33.3. The Balaban J connectivity index is 1.98. The monoisotopic (exact) mass is 289 g/mol. The van der Waals surface area contributed by atoms with Gasteiger partial charge in [-0.1, -0.05) is 0 Å². The van der Waals surface area contributed by atoms with E-state index in [-0.39, 0.29) is 5.82 Å². The molecule has 1 amide bonds. The fraction of sp³-hybridized carbons (Fsp3) is 0.462. The fourth-order valence-corrected chi connectivity index (χ4v) is 2.65. The molecule has 1 aliphatic heterocycles. The molecule has 1 fully saturated rings. The van der Waals surface area contributed by atoms with Crippen LogP contribution in [-0.4, -0.2) is 54.1 Å². The molecule has 3 rings (SSSR count). The Labute approximate surface area is 120 Å². The van der Waals surface area contributed by atoms with Crippen LogP contribution in [-0.2, 0) is 4.79 Å². The van der Waals surface area contributed by atoms with Crippen LogP contribution in [0, 0.1) is 13.8 Å². The van der Waals surface area contributed by atoms with Crippen LogP contribution in [0.3, 0.4) is 0 Å². The Morgan fingerprint density at radius 2 is 2.10 bits per heavy atom. The molecule has 2 aromatic heterocycles. The minimum atomic E-state index is -0.991. The smallest absolute Gasteiger partial charge is 0.326 e. The van der Waals surface area contributed by atoms with Crippen molar-refractivity contribution in [2.24, 2.45) is 0 Å². The summed E-state index contributed by atoms with van der Waals surface area (Å²) in [6, 6.07) is 1.05. The van der Waals surface area contributed by atoms with Crippen molar-refractivity contribution in [1.29, 1.82) is 0 Å². The second-order valence-corrected chi connectivity index (χ2v) is 5.18. The lowest BCUT2D eigenvalue weighted by molar-refractivity contribution is -0.141. The van der Waals surface area contributed by atoms with Gasteiger partial charge in [-0.25, -0.2) is 14.3 Å². The summed E-state index contributed by atoms with van der Waals surface area (Å²) < 4.78 is 1.49. The largest absolute Gasteiger partial charge is 0.480 e. The van der Waals surface area contributed by atoms with E-state index in [0.717, 1.165) is 11.4 Å². The molecule has 8 heteroatoms. The van der Waals surface area contributed by atoms with Gasteiger partial charge in [0, 0.05) is 17.9 Å². The molecule has 0 unspecified atom stereocenters. The van der Waals surface area contributed by atoms with Crippen molar-refractivity contribution >= 4 is 17.7 Å². The maximum absolute atomic E-state index is 12.4. The van der Waals surface area contributed by atoms with Gasteiger partial charge in [0.2, 0.25) is 5.82 Å². The topological polar surface area (TPSA) is 101 Å². The Hall–Kier alpha value is -2.51.